The van der Waals surface area contributed by atoms with Crippen molar-refractivity contribution >= 4 is 5.96 Å². The van der Waals surface area contributed by atoms with E-state index in [2.05, 4.69) is 20.5 Å². The van der Waals surface area contributed by atoms with E-state index in [0.717, 1.165) is 24.6 Å². The number of hydrogen-bond donors (Lipinski definition) is 2. The van der Waals surface area contributed by atoms with Gasteiger partial charge in [-0.05, 0) is 57.0 Å². The molecule has 0 saturated carbocycles. The fraction of sp³-hybridized carbons (Fsp3) is 0.611. The van der Waals surface area contributed by atoms with Crippen LogP contribution in [0.4, 0.5) is 4.39 Å². The number of rotatable bonds is 5. The third-order valence-electron chi connectivity index (χ3n) is 4.44. The van der Waals surface area contributed by atoms with Crippen molar-refractivity contribution in [3.63, 3.8) is 0 Å². The maximum absolute atomic E-state index is 13.7. The van der Waals surface area contributed by atoms with Crippen LogP contribution in [-0.4, -0.2) is 44.1 Å². The number of hydrogen-bond acceptors (Lipinski definition) is 2. The fourth-order valence-electron chi connectivity index (χ4n) is 2.88. The molecule has 1 aromatic carbocycles. The maximum atomic E-state index is 13.7. The molecule has 0 spiro atoms. The number of likely N-dealkylation sites (tertiary alicyclic amines) is 1. The van der Waals surface area contributed by atoms with Gasteiger partial charge >= 0.3 is 0 Å². The Kier molecular flexibility index (Phi) is 6.84. The van der Waals surface area contributed by atoms with Gasteiger partial charge in [-0.25, -0.2) is 4.39 Å². The summed E-state index contributed by atoms with van der Waals surface area (Å²) in [5, 5.41) is 6.67. The highest BCUT2D eigenvalue weighted by atomic mass is 19.1. The molecule has 1 atom stereocenters. The number of nitrogens with zero attached hydrogens (tertiary/aromatic N) is 2. The molecule has 1 aliphatic heterocycles. The summed E-state index contributed by atoms with van der Waals surface area (Å²) in [4.78, 5) is 6.75. The SMILES string of the molecule is CN=C(NCCN1CCCCC1)NC(C)c1ccc(C)c(F)c1. The number of halogens is 1. The summed E-state index contributed by atoms with van der Waals surface area (Å²) in [7, 11) is 1.76. The van der Waals surface area contributed by atoms with Crippen LogP contribution in [0.3, 0.4) is 0 Å². The smallest absolute Gasteiger partial charge is 0.191 e. The van der Waals surface area contributed by atoms with Crippen LogP contribution in [0.5, 0.6) is 0 Å². The Balaban J connectivity index is 1.80. The van der Waals surface area contributed by atoms with Gasteiger partial charge in [0.15, 0.2) is 5.96 Å². The van der Waals surface area contributed by atoms with Crippen molar-refractivity contribution in [2.75, 3.05) is 33.2 Å². The van der Waals surface area contributed by atoms with Crippen LogP contribution >= 0.6 is 0 Å². The Morgan fingerprint density at radius 1 is 1.30 bits per heavy atom. The van der Waals surface area contributed by atoms with Crippen LogP contribution in [0.15, 0.2) is 23.2 Å². The molecule has 2 N–H and O–H groups in total. The minimum Gasteiger partial charge on any atom is -0.355 e. The first kappa shape index (κ1) is 17.7. The number of aryl methyl sites for hydroxylation is 1. The quantitative estimate of drug-likeness (QED) is 0.647. The number of aliphatic imine (C=N–C) groups is 1. The summed E-state index contributed by atoms with van der Waals surface area (Å²) in [6.07, 6.45) is 3.98. The van der Waals surface area contributed by atoms with Crippen LogP contribution in [-0.2, 0) is 0 Å². The summed E-state index contributed by atoms with van der Waals surface area (Å²) in [6, 6.07) is 5.37. The van der Waals surface area contributed by atoms with Crippen molar-refractivity contribution in [1.82, 2.24) is 15.5 Å². The molecule has 1 aromatic rings. The van der Waals surface area contributed by atoms with Gasteiger partial charge in [0.25, 0.3) is 0 Å². The zero-order valence-electron chi connectivity index (χ0n) is 14.5. The third-order valence-corrected chi connectivity index (χ3v) is 4.44. The van der Waals surface area contributed by atoms with Crippen molar-refractivity contribution in [3.05, 3.63) is 35.1 Å². The van der Waals surface area contributed by atoms with Crippen molar-refractivity contribution < 1.29 is 4.39 Å². The van der Waals surface area contributed by atoms with E-state index in [1.54, 1.807) is 20.0 Å². The predicted molar refractivity (Wildman–Crippen MR) is 94.3 cm³/mol. The minimum atomic E-state index is -0.163. The minimum absolute atomic E-state index is 0.00582. The van der Waals surface area contributed by atoms with Gasteiger partial charge in [0.1, 0.15) is 5.82 Å². The highest BCUT2D eigenvalue weighted by Gasteiger charge is 2.11. The Morgan fingerprint density at radius 2 is 2.04 bits per heavy atom. The second kappa shape index (κ2) is 8.87. The Morgan fingerprint density at radius 3 is 2.70 bits per heavy atom. The number of nitrogens with one attached hydrogen (secondary N) is 2. The van der Waals surface area contributed by atoms with Crippen molar-refractivity contribution in [2.24, 2.45) is 4.99 Å². The van der Waals surface area contributed by atoms with Gasteiger partial charge in [-0.15, -0.1) is 0 Å². The summed E-state index contributed by atoms with van der Waals surface area (Å²) in [6.45, 7) is 8.10. The molecule has 23 heavy (non-hydrogen) atoms. The number of guanidine groups is 1. The lowest BCUT2D eigenvalue weighted by molar-refractivity contribution is 0.232. The highest BCUT2D eigenvalue weighted by Crippen LogP contribution is 2.16. The predicted octanol–water partition coefficient (Wildman–Crippen LogP) is 2.85. The third kappa shape index (κ3) is 5.50. The molecule has 0 bridgehead atoms. The molecule has 0 aliphatic carbocycles. The van der Waals surface area contributed by atoms with Gasteiger partial charge in [0.2, 0.25) is 0 Å². The zero-order valence-corrected chi connectivity index (χ0v) is 14.5. The highest BCUT2D eigenvalue weighted by molar-refractivity contribution is 5.80. The standard InChI is InChI=1S/C18H29FN4/c1-14-7-8-16(13-17(14)19)15(2)22-18(20-3)21-9-12-23-10-5-4-6-11-23/h7-8,13,15H,4-6,9-12H2,1-3H3,(H2,20,21,22). The molecule has 5 heteroatoms. The summed E-state index contributed by atoms with van der Waals surface area (Å²) < 4.78 is 13.7. The van der Waals surface area contributed by atoms with Crippen LogP contribution in [0.1, 0.15) is 43.4 Å². The van der Waals surface area contributed by atoms with Crippen molar-refractivity contribution in [2.45, 2.75) is 39.2 Å². The molecule has 1 fully saturated rings. The molecule has 1 saturated heterocycles. The van der Waals surface area contributed by atoms with E-state index in [-0.39, 0.29) is 11.9 Å². The number of piperidine rings is 1. The molecule has 128 valence electrons. The second-order valence-corrected chi connectivity index (χ2v) is 6.28. The molecule has 0 amide bonds. The average molecular weight is 320 g/mol. The number of benzene rings is 1. The van der Waals surface area contributed by atoms with Crippen molar-refractivity contribution in [1.29, 1.82) is 0 Å². The summed E-state index contributed by atoms with van der Waals surface area (Å²) in [5.41, 5.74) is 1.59. The van der Waals surface area contributed by atoms with E-state index in [9.17, 15) is 4.39 Å². The first-order valence-electron chi connectivity index (χ1n) is 8.55. The normalized spacial score (nSPS) is 17.8. The molecule has 1 heterocycles. The van der Waals surface area contributed by atoms with Gasteiger partial charge in [0, 0.05) is 20.1 Å². The molecular weight excluding hydrogens is 291 g/mol. The Hall–Kier alpha value is -1.62. The van der Waals surface area contributed by atoms with E-state index in [0.29, 0.717) is 5.56 Å². The lowest BCUT2D eigenvalue weighted by atomic mass is 10.1. The topological polar surface area (TPSA) is 39.7 Å². The van der Waals surface area contributed by atoms with E-state index < -0.39 is 0 Å². The van der Waals surface area contributed by atoms with Gasteiger partial charge in [-0.2, -0.15) is 0 Å². The molecule has 4 nitrogen and oxygen atoms in total. The molecule has 1 aliphatic rings. The summed E-state index contributed by atoms with van der Waals surface area (Å²) in [5.74, 6) is 0.597. The van der Waals surface area contributed by atoms with E-state index in [4.69, 9.17) is 0 Å². The monoisotopic (exact) mass is 320 g/mol. The lowest BCUT2D eigenvalue weighted by Gasteiger charge is -2.27. The Bertz CT molecular complexity index is 524. The zero-order chi connectivity index (χ0) is 16.7. The van der Waals surface area contributed by atoms with E-state index in [1.165, 1.54) is 32.4 Å². The van der Waals surface area contributed by atoms with E-state index in [1.807, 2.05) is 19.1 Å². The average Bonchev–Trinajstić information content (AvgIpc) is 2.57. The first-order valence-corrected chi connectivity index (χ1v) is 8.55. The van der Waals surface area contributed by atoms with Crippen LogP contribution < -0.4 is 10.6 Å². The van der Waals surface area contributed by atoms with Crippen molar-refractivity contribution in [3.8, 4) is 0 Å². The van der Waals surface area contributed by atoms with Crippen LogP contribution in [0, 0.1) is 12.7 Å². The Labute approximate surface area is 139 Å². The second-order valence-electron chi connectivity index (χ2n) is 6.28. The fourth-order valence-corrected chi connectivity index (χ4v) is 2.88. The summed E-state index contributed by atoms with van der Waals surface area (Å²) >= 11 is 0. The molecular formula is C18H29FN4. The van der Waals surface area contributed by atoms with Crippen LogP contribution in [0.25, 0.3) is 0 Å². The lowest BCUT2D eigenvalue weighted by Crippen LogP contribution is -2.43. The molecule has 1 unspecified atom stereocenters. The van der Waals surface area contributed by atoms with Gasteiger partial charge < -0.3 is 15.5 Å². The first-order chi connectivity index (χ1) is 11.1. The largest absolute Gasteiger partial charge is 0.355 e. The molecule has 2 rings (SSSR count). The van der Waals surface area contributed by atoms with Crippen LogP contribution in [0.2, 0.25) is 0 Å². The molecule has 0 aromatic heterocycles. The van der Waals surface area contributed by atoms with Gasteiger partial charge in [-0.3, -0.25) is 4.99 Å². The van der Waals surface area contributed by atoms with Gasteiger partial charge in [-0.1, -0.05) is 18.6 Å². The van der Waals surface area contributed by atoms with Gasteiger partial charge in [0.05, 0.1) is 6.04 Å². The van der Waals surface area contributed by atoms with E-state index >= 15 is 0 Å². The molecule has 0 radical (unpaired) electrons. The maximum Gasteiger partial charge on any atom is 0.191 e.